The maximum absolute atomic E-state index is 13.6. The van der Waals surface area contributed by atoms with Crippen LogP contribution in [-0.4, -0.2) is 34.2 Å². The highest BCUT2D eigenvalue weighted by molar-refractivity contribution is 6.28. The number of nitrogens with one attached hydrogen (secondary N) is 2. The van der Waals surface area contributed by atoms with Crippen LogP contribution in [0, 0.1) is 11.7 Å². The molecule has 2 N–H and O–H groups in total. The van der Waals surface area contributed by atoms with Crippen molar-refractivity contribution in [2.24, 2.45) is 5.92 Å². The summed E-state index contributed by atoms with van der Waals surface area (Å²) in [4.78, 5) is 19.2. The zero-order chi connectivity index (χ0) is 17.7. The Labute approximate surface area is 146 Å². The molecule has 1 aliphatic rings. The third-order valence-electron chi connectivity index (χ3n) is 3.84. The van der Waals surface area contributed by atoms with Gasteiger partial charge in [-0.15, -0.1) is 0 Å². The lowest BCUT2D eigenvalue weighted by Crippen LogP contribution is -2.41. The van der Waals surface area contributed by atoms with Gasteiger partial charge < -0.3 is 15.4 Å². The molecular formula is C16H24ClFN4O2. The van der Waals surface area contributed by atoms with E-state index in [1.54, 1.807) is 0 Å². The van der Waals surface area contributed by atoms with Crippen molar-refractivity contribution in [2.75, 3.05) is 11.9 Å². The summed E-state index contributed by atoms with van der Waals surface area (Å²) in [6, 6.07) is 0.126. The van der Waals surface area contributed by atoms with E-state index in [4.69, 9.17) is 16.3 Å². The van der Waals surface area contributed by atoms with Gasteiger partial charge in [-0.05, 0) is 64.0 Å². The Kier molecular flexibility index (Phi) is 6.21. The lowest BCUT2D eigenvalue weighted by molar-refractivity contribution is 0.0488. The van der Waals surface area contributed by atoms with Crippen molar-refractivity contribution in [3.05, 3.63) is 17.3 Å². The highest BCUT2D eigenvalue weighted by Crippen LogP contribution is 2.25. The van der Waals surface area contributed by atoms with E-state index in [-0.39, 0.29) is 23.2 Å². The molecule has 6 nitrogen and oxygen atoms in total. The molecule has 2 rings (SSSR count). The van der Waals surface area contributed by atoms with E-state index in [2.05, 4.69) is 20.6 Å². The standard InChI is InChI=1S/C16H24ClFN4O2/c1-16(2,3)24-15(23)21-11-6-4-10(5-7-11)8-19-13-12(18)9-20-14(17)22-13/h9-11H,4-8H2,1-3H3,(H,21,23)(H,19,20,22). The lowest BCUT2D eigenvalue weighted by Gasteiger charge is -2.30. The number of anilines is 1. The van der Waals surface area contributed by atoms with Gasteiger partial charge in [-0.3, -0.25) is 0 Å². The third kappa shape index (κ3) is 6.11. The Morgan fingerprint density at radius 1 is 1.38 bits per heavy atom. The molecule has 1 fully saturated rings. The second-order valence-corrected chi connectivity index (χ2v) is 7.42. The van der Waals surface area contributed by atoms with Gasteiger partial charge >= 0.3 is 6.09 Å². The molecule has 1 aromatic rings. The summed E-state index contributed by atoms with van der Waals surface area (Å²) in [5.74, 6) is 0.0125. The monoisotopic (exact) mass is 358 g/mol. The Hall–Kier alpha value is -1.63. The zero-order valence-corrected chi connectivity index (χ0v) is 15.0. The first-order valence-corrected chi connectivity index (χ1v) is 8.52. The molecular weight excluding hydrogens is 335 g/mol. The highest BCUT2D eigenvalue weighted by atomic mass is 35.5. The Bertz CT molecular complexity index is 572. The maximum Gasteiger partial charge on any atom is 0.407 e. The van der Waals surface area contributed by atoms with Crippen LogP contribution < -0.4 is 10.6 Å². The molecule has 1 heterocycles. The number of hydrogen-bond donors (Lipinski definition) is 2. The summed E-state index contributed by atoms with van der Waals surface area (Å²) in [5.41, 5.74) is -0.492. The van der Waals surface area contributed by atoms with Crippen LogP contribution in [0.15, 0.2) is 6.20 Å². The fraction of sp³-hybridized carbons (Fsp3) is 0.688. The predicted octanol–water partition coefficient (Wildman–Crippen LogP) is 3.76. The Morgan fingerprint density at radius 2 is 2.04 bits per heavy atom. The molecule has 0 aliphatic heterocycles. The lowest BCUT2D eigenvalue weighted by atomic mass is 9.86. The molecule has 0 unspecified atom stereocenters. The Balaban J connectivity index is 1.73. The molecule has 8 heteroatoms. The first-order valence-electron chi connectivity index (χ1n) is 8.14. The molecule has 1 amide bonds. The van der Waals surface area contributed by atoms with Crippen molar-refractivity contribution in [1.29, 1.82) is 0 Å². The molecule has 1 saturated carbocycles. The van der Waals surface area contributed by atoms with Crippen LogP contribution in [0.3, 0.4) is 0 Å². The first-order chi connectivity index (χ1) is 11.2. The van der Waals surface area contributed by atoms with Gasteiger partial charge in [0.05, 0.1) is 6.20 Å². The van der Waals surface area contributed by atoms with Crippen molar-refractivity contribution in [3.63, 3.8) is 0 Å². The minimum Gasteiger partial charge on any atom is -0.444 e. The maximum atomic E-state index is 13.6. The average molecular weight is 359 g/mol. The number of hydrogen-bond acceptors (Lipinski definition) is 5. The number of alkyl carbamates (subject to hydrolysis) is 1. The van der Waals surface area contributed by atoms with Crippen LogP contribution in [0.4, 0.5) is 15.0 Å². The van der Waals surface area contributed by atoms with Crippen molar-refractivity contribution in [3.8, 4) is 0 Å². The van der Waals surface area contributed by atoms with Gasteiger partial charge in [0.1, 0.15) is 5.60 Å². The summed E-state index contributed by atoms with van der Waals surface area (Å²) < 4.78 is 18.8. The number of aromatic nitrogens is 2. The topological polar surface area (TPSA) is 76.1 Å². The van der Waals surface area contributed by atoms with Gasteiger partial charge in [-0.25, -0.2) is 14.2 Å². The number of nitrogens with zero attached hydrogens (tertiary/aromatic N) is 2. The average Bonchev–Trinajstić information content (AvgIpc) is 2.47. The van der Waals surface area contributed by atoms with Crippen LogP contribution in [0.25, 0.3) is 0 Å². The SMILES string of the molecule is CC(C)(C)OC(=O)NC1CCC(CNc2nc(Cl)ncc2F)CC1. The van der Waals surface area contributed by atoms with Gasteiger partial charge in [0.2, 0.25) is 5.28 Å². The van der Waals surface area contributed by atoms with Gasteiger partial charge in [0.25, 0.3) is 0 Å². The number of carbonyl (C=O) groups is 1. The van der Waals surface area contributed by atoms with Gasteiger partial charge in [-0.1, -0.05) is 0 Å². The van der Waals surface area contributed by atoms with Gasteiger partial charge in [-0.2, -0.15) is 4.98 Å². The van der Waals surface area contributed by atoms with Crippen molar-refractivity contribution in [1.82, 2.24) is 15.3 Å². The molecule has 0 radical (unpaired) electrons. The number of rotatable bonds is 4. The number of halogens is 2. The summed E-state index contributed by atoms with van der Waals surface area (Å²) in [7, 11) is 0. The minimum absolute atomic E-state index is 0.0177. The number of ether oxygens (including phenoxy) is 1. The first kappa shape index (κ1) is 18.7. The van der Waals surface area contributed by atoms with Crippen LogP contribution in [-0.2, 0) is 4.74 Å². The second-order valence-electron chi connectivity index (χ2n) is 7.08. The second kappa shape index (κ2) is 7.96. The molecule has 0 bridgehead atoms. The van der Waals surface area contributed by atoms with E-state index >= 15 is 0 Å². The molecule has 1 aromatic heterocycles. The van der Waals surface area contributed by atoms with Crippen molar-refractivity contribution >= 4 is 23.5 Å². The number of amides is 1. The van der Waals surface area contributed by atoms with E-state index < -0.39 is 11.4 Å². The van der Waals surface area contributed by atoms with Crippen molar-refractivity contribution in [2.45, 2.75) is 58.1 Å². The zero-order valence-electron chi connectivity index (χ0n) is 14.2. The molecule has 0 atom stereocenters. The highest BCUT2D eigenvalue weighted by Gasteiger charge is 2.24. The smallest absolute Gasteiger partial charge is 0.407 e. The van der Waals surface area contributed by atoms with E-state index in [1.807, 2.05) is 20.8 Å². The Morgan fingerprint density at radius 3 is 2.67 bits per heavy atom. The van der Waals surface area contributed by atoms with Crippen LogP contribution in [0.5, 0.6) is 0 Å². The normalized spacial score (nSPS) is 21.2. The number of carbonyl (C=O) groups excluding carboxylic acids is 1. The quantitative estimate of drug-likeness (QED) is 0.801. The fourth-order valence-electron chi connectivity index (χ4n) is 2.70. The molecule has 24 heavy (non-hydrogen) atoms. The van der Waals surface area contributed by atoms with Gasteiger partial charge in [0, 0.05) is 12.6 Å². The third-order valence-corrected chi connectivity index (χ3v) is 4.02. The fourth-order valence-corrected chi connectivity index (χ4v) is 2.83. The van der Waals surface area contributed by atoms with Crippen LogP contribution >= 0.6 is 11.6 Å². The largest absolute Gasteiger partial charge is 0.444 e. The van der Waals surface area contributed by atoms with E-state index in [0.29, 0.717) is 12.5 Å². The molecule has 0 saturated heterocycles. The van der Waals surface area contributed by atoms with Crippen LogP contribution in [0.1, 0.15) is 46.5 Å². The summed E-state index contributed by atoms with van der Waals surface area (Å²) in [5, 5.41) is 5.91. The van der Waals surface area contributed by atoms with E-state index in [1.165, 1.54) is 0 Å². The van der Waals surface area contributed by atoms with E-state index in [9.17, 15) is 9.18 Å². The summed E-state index contributed by atoms with van der Waals surface area (Å²) in [6.45, 7) is 6.14. The predicted molar refractivity (Wildman–Crippen MR) is 90.6 cm³/mol. The molecule has 1 aliphatic carbocycles. The van der Waals surface area contributed by atoms with Crippen molar-refractivity contribution < 1.29 is 13.9 Å². The van der Waals surface area contributed by atoms with E-state index in [0.717, 1.165) is 31.9 Å². The minimum atomic E-state index is -0.514. The molecule has 0 spiro atoms. The molecule has 134 valence electrons. The van der Waals surface area contributed by atoms with Crippen LogP contribution in [0.2, 0.25) is 5.28 Å². The van der Waals surface area contributed by atoms with Gasteiger partial charge in [0.15, 0.2) is 11.6 Å². The summed E-state index contributed by atoms with van der Waals surface area (Å²) in [6.07, 6.45) is 4.31. The summed E-state index contributed by atoms with van der Waals surface area (Å²) >= 11 is 5.67. The molecule has 0 aromatic carbocycles.